The molecule has 1 aromatic rings. The van der Waals surface area contributed by atoms with Crippen LogP contribution in [-0.4, -0.2) is 36.6 Å². The van der Waals surface area contributed by atoms with Gasteiger partial charge in [-0.25, -0.2) is 0 Å². The van der Waals surface area contributed by atoms with Crippen molar-refractivity contribution in [3.05, 3.63) is 29.8 Å². The summed E-state index contributed by atoms with van der Waals surface area (Å²) in [5, 5.41) is 0. The molecule has 4 nitrogen and oxygen atoms in total. The highest BCUT2D eigenvalue weighted by Crippen LogP contribution is 2.29. The first-order valence-corrected chi connectivity index (χ1v) is 8.31. The zero-order valence-corrected chi connectivity index (χ0v) is 14.5. The van der Waals surface area contributed by atoms with Gasteiger partial charge in [0.25, 0.3) is 5.91 Å². The van der Waals surface area contributed by atoms with Crippen LogP contribution in [0.3, 0.4) is 0 Å². The van der Waals surface area contributed by atoms with Gasteiger partial charge in [-0.2, -0.15) is 0 Å². The standard InChI is InChI=1S/C19H27NO3/c1-5-7-16-10-11-17(18(12-16)22-4)23-13-19(21)20-14(2)8-6-9-15(20)3/h5,7,10-12,14-15H,6,8-9,13H2,1-4H3. The lowest BCUT2D eigenvalue weighted by Crippen LogP contribution is -2.49. The van der Waals surface area contributed by atoms with Gasteiger partial charge in [0.05, 0.1) is 7.11 Å². The number of benzene rings is 1. The van der Waals surface area contributed by atoms with E-state index >= 15 is 0 Å². The number of piperidine rings is 1. The highest BCUT2D eigenvalue weighted by Gasteiger charge is 2.29. The van der Waals surface area contributed by atoms with Crippen LogP contribution >= 0.6 is 0 Å². The molecule has 126 valence electrons. The Balaban J connectivity index is 2.03. The number of likely N-dealkylation sites (tertiary alicyclic amines) is 1. The molecule has 2 unspecified atom stereocenters. The number of carbonyl (C=O) groups is 1. The molecule has 23 heavy (non-hydrogen) atoms. The molecule has 1 aliphatic rings. The predicted octanol–water partition coefficient (Wildman–Crippen LogP) is 3.90. The summed E-state index contributed by atoms with van der Waals surface area (Å²) < 4.78 is 11.1. The molecule has 0 aromatic heterocycles. The second-order valence-electron chi connectivity index (χ2n) is 6.13. The van der Waals surface area contributed by atoms with E-state index in [1.807, 2.05) is 42.2 Å². The number of allylic oxidation sites excluding steroid dienone is 1. The Morgan fingerprint density at radius 2 is 1.96 bits per heavy atom. The molecule has 0 spiro atoms. The Morgan fingerprint density at radius 1 is 1.26 bits per heavy atom. The summed E-state index contributed by atoms with van der Waals surface area (Å²) in [5.74, 6) is 1.30. The van der Waals surface area contributed by atoms with Crippen molar-refractivity contribution in [3.63, 3.8) is 0 Å². The highest BCUT2D eigenvalue weighted by molar-refractivity contribution is 5.78. The maximum Gasteiger partial charge on any atom is 0.260 e. The third-order valence-corrected chi connectivity index (χ3v) is 4.38. The number of hydrogen-bond donors (Lipinski definition) is 0. The molecule has 0 aliphatic carbocycles. The molecule has 1 aliphatic heterocycles. The number of ether oxygens (including phenoxy) is 2. The molecular formula is C19H27NO3. The molecule has 2 rings (SSSR count). The Bertz CT molecular complexity index is 558. The van der Waals surface area contributed by atoms with E-state index in [1.165, 1.54) is 6.42 Å². The van der Waals surface area contributed by atoms with E-state index < -0.39 is 0 Å². The summed E-state index contributed by atoms with van der Waals surface area (Å²) >= 11 is 0. The van der Waals surface area contributed by atoms with Crippen LogP contribution < -0.4 is 9.47 Å². The van der Waals surface area contributed by atoms with E-state index in [0.29, 0.717) is 11.5 Å². The van der Waals surface area contributed by atoms with Crippen LogP contribution in [0.25, 0.3) is 6.08 Å². The van der Waals surface area contributed by atoms with Crippen molar-refractivity contribution in [1.29, 1.82) is 0 Å². The van der Waals surface area contributed by atoms with Crippen molar-refractivity contribution in [2.24, 2.45) is 0 Å². The molecular weight excluding hydrogens is 290 g/mol. The number of methoxy groups -OCH3 is 1. The first kappa shape index (κ1) is 17.4. The minimum atomic E-state index is 0.0456. The predicted molar refractivity (Wildman–Crippen MR) is 92.8 cm³/mol. The van der Waals surface area contributed by atoms with Gasteiger partial charge in [-0.3, -0.25) is 4.79 Å². The summed E-state index contributed by atoms with van der Waals surface area (Å²) in [6, 6.07) is 6.29. The zero-order chi connectivity index (χ0) is 16.8. The fraction of sp³-hybridized carbons (Fsp3) is 0.526. The Hall–Kier alpha value is -1.97. The van der Waals surface area contributed by atoms with E-state index in [2.05, 4.69) is 13.8 Å². The van der Waals surface area contributed by atoms with Gasteiger partial charge in [0.1, 0.15) is 0 Å². The molecule has 4 heteroatoms. The SMILES string of the molecule is CC=Cc1ccc(OCC(=O)N2C(C)CCCC2C)c(OC)c1. The summed E-state index contributed by atoms with van der Waals surface area (Å²) in [6.07, 6.45) is 7.29. The van der Waals surface area contributed by atoms with Crippen molar-refractivity contribution in [2.45, 2.75) is 52.1 Å². The monoisotopic (exact) mass is 317 g/mol. The Labute approximate surface area is 139 Å². The van der Waals surface area contributed by atoms with E-state index in [4.69, 9.17) is 9.47 Å². The Morgan fingerprint density at radius 3 is 2.57 bits per heavy atom. The first-order valence-electron chi connectivity index (χ1n) is 8.31. The molecule has 0 radical (unpaired) electrons. The summed E-state index contributed by atoms with van der Waals surface area (Å²) in [6.45, 7) is 6.24. The second kappa shape index (κ2) is 8.04. The summed E-state index contributed by atoms with van der Waals surface area (Å²) in [4.78, 5) is 14.5. The van der Waals surface area contributed by atoms with Crippen LogP contribution in [0, 0.1) is 0 Å². The minimum absolute atomic E-state index is 0.0456. The molecule has 0 bridgehead atoms. The van der Waals surface area contributed by atoms with Gasteiger partial charge in [-0.15, -0.1) is 0 Å². The number of amides is 1. The zero-order valence-electron chi connectivity index (χ0n) is 14.5. The van der Waals surface area contributed by atoms with Crippen LogP contribution in [-0.2, 0) is 4.79 Å². The van der Waals surface area contributed by atoms with Crippen molar-refractivity contribution in [3.8, 4) is 11.5 Å². The fourth-order valence-electron chi connectivity index (χ4n) is 3.23. The summed E-state index contributed by atoms with van der Waals surface area (Å²) in [7, 11) is 1.61. The van der Waals surface area contributed by atoms with Crippen molar-refractivity contribution in [2.75, 3.05) is 13.7 Å². The van der Waals surface area contributed by atoms with E-state index in [-0.39, 0.29) is 24.6 Å². The van der Waals surface area contributed by atoms with Crippen LogP contribution in [0.1, 0.15) is 45.6 Å². The van der Waals surface area contributed by atoms with Gasteiger partial charge < -0.3 is 14.4 Å². The van der Waals surface area contributed by atoms with Gasteiger partial charge in [0.2, 0.25) is 0 Å². The fourth-order valence-corrected chi connectivity index (χ4v) is 3.23. The van der Waals surface area contributed by atoms with Crippen molar-refractivity contribution in [1.82, 2.24) is 4.90 Å². The number of carbonyl (C=O) groups excluding carboxylic acids is 1. The molecule has 0 saturated carbocycles. The number of rotatable bonds is 5. The van der Waals surface area contributed by atoms with Gasteiger partial charge in [0, 0.05) is 12.1 Å². The quantitative estimate of drug-likeness (QED) is 0.827. The number of nitrogens with zero attached hydrogens (tertiary/aromatic N) is 1. The largest absolute Gasteiger partial charge is 0.493 e. The maximum atomic E-state index is 12.5. The lowest BCUT2D eigenvalue weighted by molar-refractivity contribution is -0.139. The van der Waals surface area contributed by atoms with E-state index in [9.17, 15) is 4.79 Å². The van der Waals surface area contributed by atoms with Crippen molar-refractivity contribution >= 4 is 12.0 Å². The third-order valence-electron chi connectivity index (χ3n) is 4.38. The van der Waals surface area contributed by atoms with Crippen LogP contribution in [0.2, 0.25) is 0 Å². The minimum Gasteiger partial charge on any atom is -0.493 e. The normalized spacial score (nSPS) is 21.5. The average molecular weight is 317 g/mol. The van der Waals surface area contributed by atoms with Crippen LogP contribution in [0.15, 0.2) is 24.3 Å². The molecule has 1 heterocycles. The van der Waals surface area contributed by atoms with Gasteiger partial charge >= 0.3 is 0 Å². The smallest absolute Gasteiger partial charge is 0.260 e. The van der Waals surface area contributed by atoms with Gasteiger partial charge in [-0.05, 0) is 57.7 Å². The van der Waals surface area contributed by atoms with Crippen molar-refractivity contribution < 1.29 is 14.3 Å². The van der Waals surface area contributed by atoms with Crippen LogP contribution in [0.4, 0.5) is 0 Å². The maximum absolute atomic E-state index is 12.5. The molecule has 2 atom stereocenters. The average Bonchev–Trinajstić information content (AvgIpc) is 2.53. The highest BCUT2D eigenvalue weighted by atomic mass is 16.5. The lowest BCUT2D eigenvalue weighted by Gasteiger charge is -2.39. The molecule has 1 saturated heterocycles. The summed E-state index contributed by atoms with van der Waals surface area (Å²) in [5.41, 5.74) is 1.04. The van der Waals surface area contributed by atoms with Gasteiger partial charge in [-0.1, -0.05) is 18.2 Å². The Kier molecular flexibility index (Phi) is 6.08. The second-order valence-corrected chi connectivity index (χ2v) is 6.13. The number of hydrogen-bond acceptors (Lipinski definition) is 3. The molecule has 0 N–H and O–H groups in total. The molecule has 1 fully saturated rings. The topological polar surface area (TPSA) is 38.8 Å². The molecule has 1 amide bonds. The van der Waals surface area contributed by atoms with E-state index in [1.54, 1.807) is 7.11 Å². The first-order chi connectivity index (χ1) is 11.1. The van der Waals surface area contributed by atoms with E-state index in [0.717, 1.165) is 18.4 Å². The van der Waals surface area contributed by atoms with Crippen LogP contribution in [0.5, 0.6) is 11.5 Å². The third kappa shape index (κ3) is 4.27. The lowest BCUT2D eigenvalue weighted by atomic mass is 9.97. The van der Waals surface area contributed by atoms with Gasteiger partial charge in [0.15, 0.2) is 18.1 Å². The molecule has 1 aromatic carbocycles.